The zero-order chi connectivity index (χ0) is 19.4. The monoisotopic (exact) mass is 513 g/mol. The molecule has 0 radical (unpaired) electrons. The van der Waals surface area contributed by atoms with Gasteiger partial charge in [0.25, 0.3) is 0 Å². The SMILES string of the molecule is COc1ccc(CCNC(=NCC2CCCCO2)NCCc2ccco2)cc1.I. The van der Waals surface area contributed by atoms with E-state index in [2.05, 4.69) is 22.8 Å². The summed E-state index contributed by atoms with van der Waals surface area (Å²) < 4.78 is 16.4. The summed E-state index contributed by atoms with van der Waals surface area (Å²) in [6, 6.07) is 12.1. The minimum Gasteiger partial charge on any atom is -0.497 e. The van der Waals surface area contributed by atoms with Crippen molar-refractivity contribution in [3.63, 3.8) is 0 Å². The van der Waals surface area contributed by atoms with Crippen LogP contribution in [0.4, 0.5) is 0 Å². The van der Waals surface area contributed by atoms with Gasteiger partial charge in [0, 0.05) is 26.1 Å². The Morgan fingerprint density at radius 3 is 2.55 bits per heavy atom. The minimum absolute atomic E-state index is 0. The lowest BCUT2D eigenvalue weighted by molar-refractivity contribution is 0.0224. The average Bonchev–Trinajstić information content (AvgIpc) is 3.26. The van der Waals surface area contributed by atoms with Crippen LogP contribution in [0.2, 0.25) is 0 Å². The topological polar surface area (TPSA) is 68.0 Å². The second kappa shape index (κ2) is 13.5. The quantitative estimate of drug-likeness (QED) is 0.304. The number of nitrogens with zero attached hydrogens (tertiary/aromatic N) is 1. The molecule has 1 fully saturated rings. The van der Waals surface area contributed by atoms with Gasteiger partial charge in [0.15, 0.2) is 5.96 Å². The van der Waals surface area contributed by atoms with Crippen molar-refractivity contribution < 1.29 is 13.9 Å². The van der Waals surface area contributed by atoms with E-state index in [4.69, 9.17) is 18.9 Å². The second-order valence-electron chi connectivity index (χ2n) is 6.96. The Bertz CT molecular complexity index is 699. The third-order valence-electron chi connectivity index (χ3n) is 4.84. The highest BCUT2D eigenvalue weighted by molar-refractivity contribution is 14.0. The first-order valence-electron chi connectivity index (χ1n) is 10.1. The van der Waals surface area contributed by atoms with Crippen LogP contribution in [0.25, 0.3) is 0 Å². The van der Waals surface area contributed by atoms with Crippen molar-refractivity contribution in [2.75, 3.05) is 33.4 Å². The zero-order valence-corrected chi connectivity index (χ0v) is 19.4. The number of hydrogen-bond acceptors (Lipinski definition) is 4. The summed E-state index contributed by atoms with van der Waals surface area (Å²) >= 11 is 0. The molecule has 0 amide bonds. The van der Waals surface area contributed by atoms with Gasteiger partial charge in [0.05, 0.1) is 26.0 Å². The molecular formula is C22H32IN3O3. The van der Waals surface area contributed by atoms with E-state index in [9.17, 15) is 0 Å². The summed E-state index contributed by atoms with van der Waals surface area (Å²) in [5, 5.41) is 6.84. The van der Waals surface area contributed by atoms with Crippen LogP contribution in [0.5, 0.6) is 5.75 Å². The molecule has 0 saturated carbocycles. The number of hydrogen-bond donors (Lipinski definition) is 2. The van der Waals surface area contributed by atoms with Crippen LogP contribution < -0.4 is 15.4 Å². The number of ether oxygens (including phenoxy) is 2. The van der Waals surface area contributed by atoms with Gasteiger partial charge in [-0.25, -0.2) is 0 Å². The van der Waals surface area contributed by atoms with Gasteiger partial charge in [0.2, 0.25) is 0 Å². The van der Waals surface area contributed by atoms with Crippen molar-refractivity contribution in [1.29, 1.82) is 0 Å². The van der Waals surface area contributed by atoms with E-state index in [0.717, 1.165) is 62.8 Å². The van der Waals surface area contributed by atoms with Crippen molar-refractivity contribution in [2.24, 2.45) is 4.99 Å². The first-order chi connectivity index (χ1) is 13.8. The fourth-order valence-electron chi connectivity index (χ4n) is 3.20. The standard InChI is InChI=1S/C22H31N3O3.HI/c1-26-19-9-7-18(8-10-19)11-13-23-22(24-14-12-20-6-4-16-27-20)25-17-21-5-2-3-15-28-21;/h4,6-10,16,21H,2-3,5,11-15,17H2,1H3,(H2,23,24,25);1H. The summed E-state index contributed by atoms with van der Waals surface area (Å²) in [5.41, 5.74) is 1.26. The number of benzene rings is 1. The van der Waals surface area contributed by atoms with Crippen molar-refractivity contribution in [3.8, 4) is 5.75 Å². The van der Waals surface area contributed by atoms with E-state index < -0.39 is 0 Å². The normalized spacial score (nSPS) is 16.7. The molecular weight excluding hydrogens is 481 g/mol. The summed E-state index contributed by atoms with van der Waals surface area (Å²) in [5.74, 6) is 2.68. The van der Waals surface area contributed by atoms with Gasteiger partial charge < -0.3 is 24.5 Å². The van der Waals surface area contributed by atoms with Crippen molar-refractivity contribution >= 4 is 29.9 Å². The van der Waals surface area contributed by atoms with Gasteiger partial charge in [-0.3, -0.25) is 4.99 Å². The Labute approximate surface area is 190 Å². The molecule has 0 aliphatic carbocycles. The molecule has 2 N–H and O–H groups in total. The van der Waals surface area contributed by atoms with E-state index in [0.29, 0.717) is 6.54 Å². The molecule has 2 aromatic rings. The molecule has 1 saturated heterocycles. The summed E-state index contributed by atoms with van der Waals surface area (Å²) in [6.45, 7) is 3.13. The maximum absolute atomic E-state index is 5.80. The van der Waals surface area contributed by atoms with Gasteiger partial charge in [-0.2, -0.15) is 0 Å². The van der Waals surface area contributed by atoms with Gasteiger partial charge in [0.1, 0.15) is 11.5 Å². The molecule has 0 spiro atoms. The Kier molecular flexibility index (Phi) is 10.9. The Hall–Kier alpha value is -1.74. The number of nitrogens with one attached hydrogen (secondary N) is 2. The summed E-state index contributed by atoms with van der Waals surface area (Å²) in [7, 11) is 1.68. The summed E-state index contributed by atoms with van der Waals surface area (Å²) in [6.07, 6.45) is 7.17. The number of halogens is 1. The van der Waals surface area contributed by atoms with Gasteiger partial charge in [-0.15, -0.1) is 24.0 Å². The van der Waals surface area contributed by atoms with Gasteiger partial charge >= 0.3 is 0 Å². The van der Waals surface area contributed by atoms with Crippen molar-refractivity contribution in [3.05, 3.63) is 54.0 Å². The van der Waals surface area contributed by atoms with Crippen LogP contribution in [0.3, 0.4) is 0 Å². The molecule has 29 heavy (non-hydrogen) atoms. The Morgan fingerprint density at radius 2 is 1.90 bits per heavy atom. The van der Waals surface area contributed by atoms with E-state index in [-0.39, 0.29) is 30.1 Å². The smallest absolute Gasteiger partial charge is 0.191 e. The predicted molar refractivity (Wildman–Crippen MR) is 126 cm³/mol. The first kappa shape index (κ1) is 23.5. The van der Waals surface area contributed by atoms with E-state index in [1.807, 2.05) is 24.3 Å². The summed E-state index contributed by atoms with van der Waals surface area (Å²) in [4.78, 5) is 4.74. The maximum atomic E-state index is 5.80. The van der Waals surface area contributed by atoms with Crippen LogP contribution in [0.1, 0.15) is 30.6 Å². The van der Waals surface area contributed by atoms with Crippen LogP contribution in [0.15, 0.2) is 52.1 Å². The van der Waals surface area contributed by atoms with Crippen molar-refractivity contribution in [1.82, 2.24) is 10.6 Å². The molecule has 3 rings (SSSR count). The highest BCUT2D eigenvalue weighted by atomic mass is 127. The molecule has 160 valence electrons. The molecule has 1 aromatic carbocycles. The number of guanidine groups is 1. The number of methoxy groups -OCH3 is 1. The highest BCUT2D eigenvalue weighted by Gasteiger charge is 2.13. The van der Waals surface area contributed by atoms with E-state index in [1.165, 1.54) is 12.0 Å². The van der Waals surface area contributed by atoms with E-state index >= 15 is 0 Å². The van der Waals surface area contributed by atoms with Crippen LogP contribution >= 0.6 is 24.0 Å². The molecule has 2 heterocycles. The predicted octanol–water partition coefficient (Wildman–Crippen LogP) is 3.80. The molecule has 1 aliphatic heterocycles. The maximum Gasteiger partial charge on any atom is 0.191 e. The third kappa shape index (κ3) is 8.65. The molecule has 1 aliphatic rings. The zero-order valence-electron chi connectivity index (χ0n) is 17.1. The first-order valence-corrected chi connectivity index (χ1v) is 10.1. The molecule has 0 bridgehead atoms. The van der Waals surface area contributed by atoms with Crippen LogP contribution in [-0.4, -0.2) is 45.4 Å². The van der Waals surface area contributed by atoms with Crippen LogP contribution in [0, 0.1) is 0 Å². The Balaban J connectivity index is 0.00000300. The molecule has 7 heteroatoms. The lowest BCUT2D eigenvalue weighted by Gasteiger charge is -2.21. The fraction of sp³-hybridized carbons (Fsp3) is 0.500. The third-order valence-corrected chi connectivity index (χ3v) is 4.84. The number of rotatable bonds is 9. The fourth-order valence-corrected chi connectivity index (χ4v) is 3.20. The molecule has 1 atom stereocenters. The molecule has 1 unspecified atom stereocenters. The molecule has 6 nitrogen and oxygen atoms in total. The Morgan fingerprint density at radius 1 is 1.10 bits per heavy atom. The van der Waals surface area contributed by atoms with Crippen molar-refractivity contribution in [2.45, 2.75) is 38.2 Å². The second-order valence-corrected chi connectivity index (χ2v) is 6.96. The van der Waals surface area contributed by atoms with Crippen LogP contribution in [-0.2, 0) is 17.6 Å². The van der Waals surface area contributed by atoms with Gasteiger partial charge in [-0.05, 0) is 55.5 Å². The minimum atomic E-state index is 0. The largest absolute Gasteiger partial charge is 0.497 e. The lowest BCUT2D eigenvalue weighted by atomic mass is 10.1. The molecule has 1 aromatic heterocycles. The lowest BCUT2D eigenvalue weighted by Crippen LogP contribution is -2.40. The van der Waals surface area contributed by atoms with E-state index in [1.54, 1.807) is 13.4 Å². The average molecular weight is 513 g/mol. The number of furan rings is 1. The van der Waals surface area contributed by atoms with Gasteiger partial charge in [-0.1, -0.05) is 12.1 Å². The highest BCUT2D eigenvalue weighted by Crippen LogP contribution is 2.13. The number of aliphatic imine (C=N–C) groups is 1.